The van der Waals surface area contributed by atoms with Crippen molar-refractivity contribution in [1.82, 2.24) is 0 Å². The Morgan fingerprint density at radius 1 is 1.16 bits per heavy atom. The van der Waals surface area contributed by atoms with E-state index in [4.69, 9.17) is 14.7 Å². The van der Waals surface area contributed by atoms with Crippen LogP contribution in [0, 0.1) is 32.3 Å². The third-order valence-corrected chi connectivity index (χ3v) is 6.53. The number of nitriles is 1. The number of hydrogen-bond donors (Lipinski definition) is 1. The maximum absolute atomic E-state index is 12.4. The maximum atomic E-state index is 12.4. The summed E-state index contributed by atoms with van der Waals surface area (Å²) in [5, 5.41) is 11.6. The second-order valence-corrected chi connectivity index (χ2v) is 8.99. The summed E-state index contributed by atoms with van der Waals surface area (Å²) < 4.78 is 10.4. The van der Waals surface area contributed by atoms with E-state index < -0.39 is 6.09 Å². The summed E-state index contributed by atoms with van der Waals surface area (Å²) >= 11 is 1.71. The van der Waals surface area contributed by atoms with E-state index in [0.717, 1.165) is 5.75 Å². The number of amides is 1. The first-order valence-corrected chi connectivity index (χ1v) is 11.2. The average molecular weight is 454 g/mol. The molecule has 0 fully saturated rings. The number of carbonyl (C=O) groups is 1. The molecule has 2 aromatic carbocycles. The predicted octanol–water partition coefficient (Wildman–Crippen LogP) is 5.70. The number of thioether (sulfide) groups is 1. The van der Waals surface area contributed by atoms with Crippen molar-refractivity contribution in [3.63, 3.8) is 0 Å². The van der Waals surface area contributed by atoms with Gasteiger partial charge in [-0.3, -0.25) is 5.32 Å². The van der Waals surface area contributed by atoms with E-state index in [9.17, 15) is 9.59 Å². The van der Waals surface area contributed by atoms with Gasteiger partial charge in [0.25, 0.3) is 6.26 Å². The molecule has 0 bridgehead atoms. The number of carbonyl (C=O) groups excluding carboxylic acids is 2. The summed E-state index contributed by atoms with van der Waals surface area (Å²) in [6.07, 6.45) is 2.48. The van der Waals surface area contributed by atoms with Gasteiger partial charge >= 0.3 is 6.09 Å². The van der Waals surface area contributed by atoms with Crippen LogP contribution in [0.4, 0.5) is 16.2 Å². The molecule has 0 saturated carbocycles. The molecule has 0 aromatic heterocycles. The van der Waals surface area contributed by atoms with Gasteiger partial charge in [0.05, 0.1) is 11.4 Å². The van der Waals surface area contributed by atoms with Gasteiger partial charge < -0.3 is 9.47 Å². The molecule has 0 radical (unpaired) electrons. The van der Waals surface area contributed by atoms with Gasteiger partial charge in [0.2, 0.25) is 6.08 Å². The lowest BCUT2D eigenvalue weighted by atomic mass is 9.87. The molecule has 7 nitrogen and oxygen atoms in total. The van der Waals surface area contributed by atoms with Crippen molar-refractivity contribution >= 4 is 35.3 Å². The molecule has 0 aliphatic heterocycles. The fourth-order valence-electron chi connectivity index (χ4n) is 3.41. The Bertz CT molecular complexity index is 1060. The smallest absolute Gasteiger partial charge is 0.411 e. The van der Waals surface area contributed by atoms with Crippen molar-refractivity contribution in [2.24, 2.45) is 4.99 Å². The third-order valence-electron chi connectivity index (χ3n) is 5.15. The van der Waals surface area contributed by atoms with Crippen molar-refractivity contribution in [2.45, 2.75) is 40.0 Å². The summed E-state index contributed by atoms with van der Waals surface area (Å²) in [7, 11) is 0. The molecule has 0 atom stereocenters. The number of aliphatic imine (C=N–C) groups is 1. The standard InChI is InChI=1S/C24H27N3O4S/c1-16-20(26-15-28)17(2)22(31-14-25)18(3)21(16)27-23(29)30-11-12-32-13-24(4,5)19-9-7-6-8-10-19/h6-10H,11-13H2,1-5H3,(H,27,29). The van der Waals surface area contributed by atoms with Crippen LogP contribution in [0.15, 0.2) is 35.3 Å². The molecule has 0 spiro atoms. The minimum absolute atomic E-state index is 0.0109. The van der Waals surface area contributed by atoms with E-state index in [1.54, 1.807) is 38.8 Å². The van der Waals surface area contributed by atoms with Crippen LogP contribution in [0.1, 0.15) is 36.1 Å². The topological polar surface area (TPSA) is 101 Å². The Morgan fingerprint density at radius 2 is 1.84 bits per heavy atom. The second-order valence-electron chi connectivity index (χ2n) is 7.89. The van der Waals surface area contributed by atoms with Crippen LogP contribution in [0.5, 0.6) is 5.75 Å². The fraction of sp³-hybridized carbons (Fsp3) is 0.375. The molecule has 168 valence electrons. The van der Waals surface area contributed by atoms with Crippen LogP contribution in [-0.2, 0) is 14.9 Å². The summed E-state index contributed by atoms with van der Waals surface area (Å²) in [5.74, 6) is 1.78. The quantitative estimate of drug-likeness (QED) is 0.226. The van der Waals surface area contributed by atoms with Crippen LogP contribution in [0.25, 0.3) is 0 Å². The lowest BCUT2D eigenvalue weighted by molar-refractivity contribution is 0.169. The number of nitrogens with zero attached hydrogens (tertiary/aromatic N) is 2. The molecule has 2 aromatic rings. The molecule has 1 amide bonds. The Morgan fingerprint density at radius 3 is 2.47 bits per heavy atom. The number of ether oxygens (including phenoxy) is 2. The first kappa shape index (κ1) is 25.0. The van der Waals surface area contributed by atoms with E-state index in [1.807, 2.05) is 18.2 Å². The van der Waals surface area contributed by atoms with Crippen molar-refractivity contribution in [2.75, 3.05) is 23.4 Å². The largest absolute Gasteiger partial charge is 0.448 e. The third kappa shape index (κ3) is 6.13. The lowest BCUT2D eigenvalue weighted by Crippen LogP contribution is -2.21. The minimum Gasteiger partial charge on any atom is -0.448 e. The van der Waals surface area contributed by atoms with Crippen LogP contribution >= 0.6 is 11.8 Å². The van der Waals surface area contributed by atoms with Crippen LogP contribution in [-0.4, -0.2) is 30.3 Å². The summed E-state index contributed by atoms with van der Waals surface area (Å²) in [6.45, 7) is 9.71. The van der Waals surface area contributed by atoms with E-state index in [-0.39, 0.29) is 17.8 Å². The van der Waals surface area contributed by atoms with Crippen LogP contribution in [0.2, 0.25) is 0 Å². The molecule has 2 rings (SSSR count). The van der Waals surface area contributed by atoms with Gasteiger partial charge in [-0.25, -0.2) is 9.59 Å². The van der Waals surface area contributed by atoms with Crippen molar-refractivity contribution in [3.8, 4) is 12.0 Å². The molecule has 8 heteroatoms. The van der Waals surface area contributed by atoms with E-state index in [1.165, 1.54) is 11.6 Å². The molecular weight excluding hydrogens is 426 g/mol. The Labute approximate surface area is 192 Å². The highest BCUT2D eigenvalue weighted by molar-refractivity contribution is 7.99. The highest BCUT2D eigenvalue weighted by Gasteiger charge is 2.22. The van der Waals surface area contributed by atoms with Crippen LogP contribution < -0.4 is 10.1 Å². The average Bonchev–Trinajstić information content (AvgIpc) is 2.77. The van der Waals surface area contributed by atoms with E-state index in [0.29, 0.717) is 33.8 Å². The predicted molar refractivity (Wildman–Crippen MR) is 126 cm³/mol. The van der Waals surface area contributed by atoms with Gasteiger partial charge in [0.15, 0.2) is 5.75 Å². The summed E-state index contributed by atoms with van der Waals surface area (Å²) in [5.41, 5.74) is 3.58. The number of isocyanates is 1. The SMILES string of the molecule is Cc1c(N=C=O)c(C)c(OC#N)c(C)c1NC(=O)OCCSCC(C)(C)c1ccccc1. The van der Waals surface area contributed by atoms with Crippen molar-refractivity contribution < 1.29 is 19.1 Å². The van der Waals surface area contributed by atoms with Gasteiger partial charge in [-0.2, -0.15) is 16.8 Å². The molecule has 0 saturated heterocycles. The summed E-state index contributed by atoms with van der Waals surface area (Å²) in [6, 6.07) is 10.3. The first-order chi connectivity index (χ1) is 15.2. The number of nitrogens with one attached hydrogen (secondary N) is 1. The minimum atomic E-state index is -0.632. The Hall–Kier alpha value is -3.27. The molecule has 0 unspecified atom stereocenters. The van der Waals surface area contributed by atoms with Gasteiger partial charge in [0.1, 0.15) is 6.61 Å². The monoisotopic (exact) mass is 453 g/mol. The Kier molecular flexibility index (Phi) is 8.89. The molecule has 0 aliphatic carbocycles. The number of benzene rings is 2. The highest BCUT2D eigenvalue weighted by Crippen LogP contribution is 2.41. The van der Waals surface area contributed by atoms with Gasteiger partial charge in [-0.05, 0) is 31.7 Å². The highest BCUT2D eigenvalue weighted by atomic mass is 32.2. The zero-order chi connectivity index (χ0) is 23.7. The van der Waals surface area contributed by atoms with Crippen LogP contribution in [0.3, 0.4) is 0 Å². The molecule has 0 heterocycles. The molecule has 0 aliphatic rings. The number of hydrogen-bond acceptors (Lipinski definition) is 7. The normalized spacial score (nSPS) is 10.6. The van der Waals surface area contributed by atoms with E-state index >= 15 is 0 Å². The fourth-order valence-corrected chi connectivity index (χ4v) is 4.44. The first-order valence-electron chi connectivity index (χ1n) is 10.1. The molecule has 1 N–H and O–H groups in total. The lowest BCUT2D eigenvalue weighted by Gasteiger charge is -2.24. The Balaban J connectivity index is 1.98. The summed E-state index contributed by atoms with van der Waals surface area (Å²) in [4.78, 5) is 26.9. The zero-order valence-electron chi connectivity index (χ0n) is 18.9. The van der Waals surface area contributed by atoms with Crippen molar-refractivity contribution in [3.05, 3.63) is 52.6 Å². The zero-order valence-corrected chi connectivity index (χ0v) is 19.8. The molecule has 32 heavy (non-hydrogen) atoms. The van der Waals surface area contributed by atoms with Gasteiger partial charge in [0, 0.05) is 28.2 Å². The maximum Gasteiger partial charge on any atom is 0.411 e. The number of anilines is 1. The van der Waals surface area contributed by atoms with E-state index in [2.05, 4.69) is 36.3 Å². The second kappa shape index (κ2) is 11.4. The number of rotatable bonds is 9. The van der Waals surface area contributed by atoms with Gasteiger partial charge in [-0.1, -0.05) is 44.2 Å². The van der Waals surface area contributed by atoms with Gasteiger partial charge in [-0.15, -0.1) is 5.26 Å². The van der Waals surface area contributed by atoms with Crippen molar-refractivity contribution in [1.29, 1.82) is 5.26 Å². The molecular formula is C24H27N3O4S.